The lowest BCUT2D eigenvalue weighted by Crippen LogP contribution is -2.50. The van der Waals surface area contributed by atoms with Crippen LogP contribution in [0, 0.1) is 0 Å². The van der Waals surface area contributed by atoms with Crippen molar-refractivity contribution in [2.24, 2.45) is 0 Å². The van der Waals surface area contributed by atoms with E-state index in [0.29, 0.717) is 55.0 Å². The molecule has 2 aliphatic rings. The second-order valence-electron chi connectivity index (χ2n) is 6.39. The van der Waals surface area contributed by atoms with Gasteiger partial charge in [-0.3, -0.25) is 19.6 Å². The third-order valence-corrected chi connectivity index (χ3v) is 5.03. The molecule has 0 unspecified atom stereocenters. The van der Waals surface area contributed by atoms with Crippen LogP contribution in [0.3, 0.4) is 0 Å². The molecular formula is C17H17ClN6O3. The predicted molar refractivity (Wildman–Crippen MR) is 96.9 cm³/mol. The Bertz CT molecular complexity index is 869. The van der Waals surface area contributed by atoms with Gasteiger partial charge in [0.05, 0.1) is 16.8 Å². The first kappa shape index (κ1) is 17.6. The standard InChI is InChI=1S/C17H17ClN6O3/c18-11-1-2-13(21-9-11)24-12(14-15(16(24)25)20-4-3-19-14)10-22-5-7-23(8-6-22)17(26)27/h1-4,9,12H,5-8,10H2,(H,26,27)/t12-/m0/s1. The molecular weight excluding hydrogens is 372 g/mol. The van der Waals surface area contributed by atoms with E-state index in [9.17, 15) is 9.59 Å². The quantitative estimate of drug-likeness (QED) is 0.850. The summed E-state index contributed by atoms with van der Waals surface area (Å²) in [4.78, 5) is 42.0. The van der Waals surface area contributed by atoms with Crippen molar-refractivity contribution in [2.75, 3.05) is 37.6 Å². The van der Waals surface area contributed by atoms with Crippen LogP contribution in [0.1, 0.15) is 22.2 Å². The molecule has 4 heterocycles. The molecule has 0 spiro atoms. The number of halogens is 1. The molecule has 1 N–H and O–H groups in total. The Morgan fingerprint density at radius 1 is 1.15 bits per heavy atom. The Labute approximate surface area is 160 Å². The average molecular weight is 389 g/mol. The molecule has 1 atom stereocenters. The fourth-order valence-corrected chi connectivity index (χ4v) is 3.56. The molecule has 0 aromatic carbocycles. The van der Waals surface area contributed by atoms with Crippen LogP contribution in [0.4, 0.5) is 10.6 Å². The maximum Gasteiger partial charge on any atom is 0.407 e. The van der Waals surface area contributed by atoms with Gasteiger partial charge >= 0.3 is 6.09 Å². The number of aromatic nitrogens is 3. The van der Waals surface area contributed by atoms with E-state index in [-0.39, 0.29) is 11.9 Å². The Kier molecular flexibility index (Phi) is 4.63. The van der Waals surface area contributed by atoms with Crippen LogP contribution in [-0.4, -0.2) is 74.6 Å². The van der Waals surface area contributed by atoms with Gasteiger partial charge < -0.3 is 10.0 Å². The number of fused-ring (bicyclic) bond motifs is 1. The van der Waals surface area contributed by atoms with Crippen molar-refractivity contribution in [3.8, 4) is 0 Å². The lowest BCUT2D eigenvalue weighted by atomic mass is 10.1. The van der Waals surface area contributed by atoms with Crippen molar-refractivity contribution in [3.05, 3.63) is 47.1 Å². The smallest absolute Gasteiger partial charge is 0.407 e. The first-order valence-corrected chi connectivity index (χ1v) is 8.88. The molecule has 2 aliphatic heterocycles. The van der Waals surface area contributed by atoms with E-state index in [1.54, 1.807) is 23.2 Å². The highest BCUT2D eigenvalue weighted by Crippen LogP contribution is 2.35. The zero-order valence-electron chi connectivity index (χ0n) is 14.3. The zero-order valence-corrected chi connectivity index (χ0v) is 15.1. The number of amides is 2. The maximum absolute atomic E-state index is 12.9. The van der Waals surface area contributed by atoms with Crippen molar-refractivity contribution >= 4 is 29.4 Å². The Morgan fingerprint density at radius 3 is 2.56 bits per heavy atom. The first-order chi connectivity index (χ1) is 13.0. The minimum absolute atomic E-state index is 0.248. The van der Waals surface area contributed by atoms with Gasteiger partial charge in [0.1, 0.15) is 5.82 Å². The average Bonchev–Trinajstić information content (AvgIpc) is 2.95. The van der Waals surface area contributed by atoms with E-state index in [1.165, 1.54) is 17.3 Å². The summed E-state index contributed by atoms with van der Waals surface area (Å²) in [5.41, 5.74) is 0.934. The molecule has 2 amide bonds. The van der Waals surface area contributed by atoms with E-state index < -0.39 is 6.09 Å². The highest BCUT2D eigenvalue weighted by atomic mass is 35.5. The molecule has 140 valence electrons. The normalized spacial score (nSPS) is 20.0. The lowest BCUT2D eigenvalue weighted by molar-refractivity contribution is 0.0955. The fraction of sp³-hybridized carbons (Fsp3) is 0.353. The number of piperazine rings is 1. The number of pyridine rings is 1. The minimum atomic E-state index is -0.908. The molecule has 0 aliphatic carbocycles. The van der Waals surface area contributed by atoms with Crippen molar-refractivity contribution in [2.45, 2.75) is 6.04 Å². The number of carbonyl (C=O) groups is 2. The molecule has 2 aromatic heterocycles. The number of nitrogens with zero attached hydrogens (tertiary/aromatic N) is 6. The van der Waals surface area contributed by atoms with Crippen molar-refractivity contribution in [3.63, 3.8) is 0 Å². The van der Waals surface area contributed by atoms with Gasteiger partial charge in [0.15, 0.2) is 5.69 Å². The van der Waals surface area contributed by atoms with E-state index in [1.807, 2.05) is 0 Å². The number of carboxylic acid groups (broad SMARTS) is 1. The number of hydrogen-bond acceptors (Lipinski definition) is 6. The largest absolute Gasteiger partial charge is 0.465 e. The van der Waals surface area contributed by atoms with Gasteiger partial charge in [0.2, 0.25) is 0 Å². The van der Waals surface area contributed by atoms with Gasteiger partial charge in [-0.25, -0.2) is 14.8 Å². The highest BCUT2D eigenvalue weighted by molar-refractivity contribution is 6.30. The minimum Gasteiger partial charge on any atom is -0.465 e. The van der Waals surface area contributed by atoms with Crippen LogP contribution in [-0.2, 0) is 0 Å². The van der Waals surface area contributed by atoms with Gasteiger partial charge in [0.25, 0.3) is 5.91 Å². The van der Waals surface area contributed by atoms with Crippen molar-refractivity contribution in [1.29, 1.82) is 0 Å². The third-order valence-electron chi connectivity index (χ3n) is 4.81. The van der Waals surface area contributed by atoms with Gasteiger partial charge in [-0.1, -0.05) is 11.6 Å². The molecule has 0 radical (unpaired) electrons. The van der Waals surface area contributed by atoms with Crippen LogP contribution in [0.5, 0.6) is 0 Å². The maximum atomic E-state index is 12.9. The molecule has 0 saturated carbocycles. The SMILES string of the molecule is O=C(O)N1CCN(C[C@H]2c3nccnc3C(=O)N2c2ccc(Cl)cn2)CC1. The van der Waals surface area contributed by atoms with Crippen molar-refractivity contribution in [1.82, 2.24) is 24.8 Å². The Hall–Kier alpha value is -2.78. The molecule has 10 heteroatoms. The first-order valence-electron chi connectivity index (χ1n) is 8.51. The summed E-state index contributed by atoms with van der Waals surface area (Å²) in [6, 6.07) is 3.04. The summed E-state index contributed by atoms with van der Waals surface area (Å²) in [6.45, 7) is 2.57. The summed E-state index contributed by atoms with van der Waals surface area (Å²) in [6.07, 6.45) is 3.66. The molecule has 1 fully saturated rings. The number of carbonyl (C=O) groups excluding carboxylic acids is 1. The number of hydrogen-bond donors (Lipinski definition) is 1. The van der Waals surface area contributed by atoms with Crippen LogP contribution >= 0.6 is 11.6 Å². The van der Waals surface area contributed by atoms with E-state index in [0.717, 1.165) is 0 Å². The second-order valence-corrected chi connectivity index (χ2v) is 6.82. The molecule has 9 nitrogen and oxygen atoms in total. The predicted octanol–water partition coefficient (Wildman–Crippen LogP) is 1.52. The zero-order chi connectivity index (χ0) is 19.0. The molecule has 2 aromatic rings. The third kappa shape index (κ3) is 3.31. The Balaban J connectivity index is 1.60. The summed E-state index contributed by atoms with van der Waals surface area (Å²) >= 11 is 5.92. The van der Waals surface area contributed by atoms with Crippen LogP contribution in [0.15, 0.2) is 30.7 Å². The molecule has 0 bridgehead atoms. The van der Waals surface area contributed by atoms with Gasteiger partial charge in [-0.2, -0.15) is 0 Å². The van der Waals surface area contributed by atoms with Gasteiger partial charge in [-0.05, 0) is 12.1 Å². The van der Waals surface area contributed by atoms with E-state index in [4.69, 9.17) is 16.7 Å². The van der Waals surface area contributed by atoms with Gasteiger partial charge in [0, 0.05) is 51.3 Å². The van der Waals surface area contributed by atoms with Gasteiger partial charge in [-0.15, -0.1) is 0 Å². The lowest BCUT2D eigenvalue weighted by Gasteiger charge is -2.36. The van der Waals surface area contributed by atoms with E-state index in [2.05, 4.69) is 19.9 Å². The summed E-state index contributed by atoms with van der Waals surface area (Å²) in [7, 11) is 0. The molecule has 1 saturated heterocycles. The second kappa shape index (κ2) is 7.09. The van der Waals surface area contributed by atoms with Crippen molar-refractivity contribution < 1.29 is 14.7 Å². The van der Waals surface area contributed by atoms with Crippen LogP contribution < -0.4 is 4.90 Å². The molecule has 27 heavy (non-hydrogen) atoms. The monoisotopic (exact) mass is 388 g/mol. The highest BCUT2D eigenvalue weighted by Gasteiger charge is 2.42. The molecule has 4 rings (SSSR count). The van der Waals surface area contributed by atoms with E-state index >= 15 is 0 Å². The summed E-state index contributed by atoms with van der Waals surface area (Å²) in [5.74, 6) is 0.237. The fourth-order valence-electron chi connectivity index (χ4n) is 3.44. The van der Waals surface area contributed by atoms with Crippen LogP contribution in [0.2, 0.25) is 5.02 Å². The topological polar surface area (TPSA) is 103 Å². The Morgan fingerprint density at radius 2 is 1.89 bits per heavy atom. The van der Waals surface area contributed by atoms with Crippen LogP contribution in [0.25, 0.3) is 0 Å². The number of rotatable bonds is 3. The summed E-state index contributed by atoms with van der Waals surface area (Å²) in [5, 5.41) is 9.59. The number of anilines is 1. The summed E-state index contributed by atoms with van der Waals surface area (Å²) < 4.78 is 0.